The molecular formula is C15H21ClO3. The molecule has 1 aliphatic rings. The lowest BCUT2D eigenvalue weighted by molar-refractivity contribution is -0.373. The van der Waals surface area contributed by atoms with E-state index in [-0.39, 0.29) is 18.3 Å². The van der Waals surface area contributed by atoms with Gasteiger partial charge in [-0.1, -0.05) is 44.2 Å². The second-order valence-electron chi connectivity index (χ2n) is 4.42. The molecule has 0 N–H and O–H groups in total. The van der Waals surface area contributed by atoms with Crippen molar-refractivity contribution < 1.29 is 14.5 Å². The Hall–Kier alpha value is -1.03. The van der Waals surface area contributed by atoms with E-state index in [0.29, 0.717) is 6.61 Å². The summed E-state index contributed by atoms with van der Waals surface area (Å²) in [5.41, 5.74) is 1.20. The number of rotatable bonds is 6. The number of hydrogen-bond donors (Lipinski definition) is 0. The largest absolute Gasteiger partial charge is 0.343 e. The van der Waals surface area contributed by atoms with Crippen LogP contribution in [0.25, 0.3) is 0 Å². The normalized spacial score (nSPS) is 22.6. The topological polar surface area (TPSA) is 27.7 Å². The van der Waals surface area contributed by atoms with Gasteiger partial charge in [-0.3, -0.25) is 0 Å². The van der Waals surface area contributed by atoms with Crippen LogP contribution in [0.3, 0.4) is 0 Å². The fourth-order valence-corrected chi connectivity index (χ4v) is 2.30. The van der Waals surface area contributed by atoms with Gasteiger partial charge in [0.05, 0.1) is 6.61 Å². The maximum Gasteiger partial charge on any atom is 0.242 e. The van der Waals surface area contributed by atoms with Gasteiger partial charge in [0.15, 0.2) is 0 Å². The van der Waals surface area contributed by atoms with Crippen molar-refractivity contribution in [2.24, 2.45) is 0 Å². The molecule has 0 aromatic heterocycles. The quantitative estimate of drug-likeness (QED) is 0.733. The average Bonchev–Trinajstić information content (AvgIpc) is 2.88. The minimum absolute atomic E-state index is 0. The van der Waals surface area contributed by atoms with Crippen LogP contribution in [0.2, 0.25) is 0 Å². The van der Waals surface area contributed by atoms with Crippen molar-refractivity contribution in [3.05, 3.63) is 48.2 Å². The van der Waals surface area contributed by atoms with Crippen molar-refractivity contribution in [3.63, 3.8) is 0 Å². The highest BCUT2D eigenvalue weighted by atomic mass is 35.5. The van der Waals surface area contributed by atoms with Gasteiger partial charge in [0.2, 0.25) is 5.79 Å². The first-order valence-corrected chi connectivity index (χ1v) is 6.53. The van der Waals surface area contributed by atoms with Crippen LogP contribution in [0.4, 0.5) is 0 Å². The summed E-state index contributed by atoms with van der Waals surface area (Å²) < 4.78 is 5.91. The summed E-state index contributed by atoms with van der Waals surface area (Å²) in [6.45, 7) is 4.86. The number of ether oxygens (including phenoxy) is 1. The molecule has 2 atom stereocenters. The van der Waals surface area contributed by atoms with Gasteiger partial charge in [-0.15, -0.1) is 17.3 Å². The van der Waals surface area contributed by atoms with E-state index in [1.54, 1.807) is 6.26 Å². The molecule has 0 radical (unpaired) electrons. The van der Waals surface area contributed by atoms with E-state index >= 15 is 0 Å². The van der Waals surface area contributed by atoms with Gasteiger partial charge >= 0.3 is 0 Å². The molecule has 19 heavy (non-hydrogen) atoms. The first-order chi connectivity index (χ1) is 8.82. The summed E-state index contributed by atoms with van der Waals surface area (Å²) in [7, 11) is 0. The van der Waals surface area contributed by atoms with Crippen molar-refractivity contribution >= 4 is 12.4 Å². The van der Waals surface area contributed by atoms with Gasteiger partial charge in [-0.2, -0.15) is 0 Å². The lowest BCUT2D eigenvalue weighted by Gasteiger charge is -2.32. The Balaban J connectivity index is 0.00000180. The van der Waals surface area contributed by atoms with E-state index in [4.69, 9.17) is 14.5 Å². The molecule has 1 aromatic carbocycles. The molecule has 0 amide bonds. The molecule has 0 saturated carbocycles. The molecule has 0 saturated heterocycles. The van der Waals surface area contributed by atoms with Gasteiger partial charge in [0.1, 0.15) is 6.26 Å². The predicted octanol–water partition coefficient (Wildman–Crippen LogP) is 4.20. The lowest BCUT2D eigenvalue weighted by Crippen LogP contribution is -2.38. The van der Waals surface area contributed by atoms with Gasteiger partial charge in [-0.05, 0) is 18.4 Å². The summed E-state index contributed by atoms with van der Waals surface area (Å²) in [4.78, 5) is 10.4. The Morgan fingerprint density at radius 2 is 1.95 bits per heavy atom. The van der Waals surface area contributed by atoms with E-state index in [1.165, 1.54) is 5.56 Å². The average molecular weight is 285 g/mol. The Kier molecular flexibility index (Phi) is 6.35. The summed E-state index contributed by atoms with van der Waals surface area (Å²) in [5.74, 6) is -0.657. The Bertz CT molecular complexity index is 394. The van der Waals surface area contributed by atoms with E-state index in [2.05, 4.69) is 26.0 Å². The molecule has 2 unspecified atom stereocenters. The maximum atomic E-state index is 5.91. The highest BCUT2D eigenvalue weighted by Gasteiger charge is 2.43. The minimum Gasteiger partial charge on any atom is -0.343 e. The Morgan fingerprint density at radius 1 is 1.21 bits per heavy atom. The molecular weight excluding hydrogens is 264 g/mol. The first kappa shape index (κ1) is 16.0. The van der Waals surface area contributed by atoms with E-state index in [1.807, 2.05) is 24.3 Å². The fourth-order valence-electron chi connectivity index (χ4n) is 2.30. The van der Waals surface area contributed by atoms with Crippen LogP contribution < -0.4 is 0 Å². The molecule has 3 nitrogen and oxygen atoms in total. The van der Waals surface area contributed by atoms with Crippen LogP contribution in [0.1, 0.15) is 38.2 Å². The molecule has 0 spiro atoms. The second kappa shape index (κ2) is 7.53. The van der Waals surface area contributed by atoms with Crippen molar-refractivity contribution in [1.29, 1.82) is 0 Å². The molecule has 0 bridgehead atoms. The molecule has 0 fully saturated rings. The van der Waals surface area contributed by atoms with Crippen LogP contribution in [0.5, 0.6) is 0 Å². The van der Waals surface area contributed by atoms with Gasteiger partial charge < -0.3 is 9.62 Å². The van der Waals surface area contributed by atoms with Crippen LogP contribution in [0, 0.1) is 0 Å². The Morgan fingerprint density at radius 3 is 2.47 bits per heavy atom. The highest BCUT2D eigenvalue weighted by molar-refractivity contribution is 5.85. The van der Waals surface area contributed by atoms with Gasteiger partial charge in [0.25, 0.3) is 0 Å². The van der Waals surface area contributed by atoms with Crippen molar-refractivity contribution in [3.8, 4) is 0 Å². The fraction of sp³-hybridized carbons (Fsp3) is 0.467. The molecule has 2 rings (SSSR count). The standard InChI is InChI=1S/C15H20O3.ClH/c1-3-11-16-15(10-12-17-18-15)14(4-2)13-8-6-5-7-9-13;/h5-10,12,14H,3-4,11H2,1-2H3;1H. The minimum atomic E-state index is -0.786. The van der Waals surface area contributed by atoms with Crippen LogP contribution in [-0.2, 0) is 14.5 Å². The van der Waals surface area contributed by atoms with Crippen LogP contribution in [0.15, 0.2) is 42.7 Å². The molecule has 1 heterocycles. The zero-order valence-electron chi connectivity index (χ0n) is 11.4. The lowest BCUT2D eigenvalue weighted by atomic mass is 9.88. The third-order valence-electron chi connectivity index (χ3n) is 3.16. The first-order valence-electron chi connectivity index (χ1n) is 6.53. The van der Waals surface area contributed by atoms with Crippen LogP contribution >= 0.6 is 12.4 Å². The monoisotopic (exact) mass is 284 g/mol. The SMILES string of the molecule is CCCOC1(C(CC)c2ccccc2)C=COO1.Cl. The number of halogens is 1. The zero-order chi connectivity index (χ0) is 12.8. The summed E-state index contributed by atoms with van der Waals surface area (Å²) >= 11 is 0. The molecule has 0 aliphatic carbocycles. The smallest absolute Gasteiger partial charge is 0.242 e. The van der Waals surface area contributed by atoms with Gasteiger partial charge in [0, 0.05) is 12.0 Å². The summed E-state index contributed by atoms with van der Waals surface area (Å²) in [6.07, 6.45) is 5.29. The van der Waals surface area contributed by atoms with Gasteiger partial charge in [-0.25, -0.2) is 0 Å². The van der Waals surface area contributed by atoms with E-state index in [0.717, 1.165) is 12.8 Å². The molecule has 1 aliphatic heterocycles. The van der Waals surface area contributed by atoms with Crippen molar-refractivity contribution in [2.75, 3.05) is 6.61 Å². The predicted molar refractivity (Wildman–Crippen MR) is 77.0 cm³/mol. The van der Waals surface area contributed by atoms with Crippen LogP contribution in [-0.4, -0.2) is 12.4 Å². The van der Waals surface area contributed by atoms with Crippen molar-refractivity contribution in [1.82, 2.24) is 0 Å². The number of hydrogen-bond acceptors (Lipinski definition) is 3. The molecule has 106 valence electrons. The number of benzene rings is 1. The maximum absolute atomic E-state index is 5.91. The molecule has 4 heteroatoms. The Labute approximate surface area is 120 Å². The third-order valence-corrected chi connectivity index (χ3v) is 3.16. The van der Waals surface area contributed by atoms with E-state index < -0.39 is 5.79 Å². The molecule has 1 aromatic rings. The zero-order valence-corrected chi connectivity index (χ0v) is 12.2. The second-order valence-corrected chi connectivity index (χ2v) is 4.42. The van der Waals surface area contributed by atoms with E-state index in [9.17, 15) is 0 Å². The third kappa shape index (κ3) is 3.50. The highest BCUT2D eigenvalue weighted by Crippen LogP contribution is 2.39. The van der Waals surface area contributed by atoms with Crippen molar-refractivity contribution in [2.45, 2.75) is 38.4 Å². The summed E-state index contributed by atoms with van der Waals surface area (Å²) in [5, 5.41) is 0. The summed E-state index contributed by atoms with van der Waals surface area (Å²) in [6, 6.07) is 10.3.